The summed E-state index contributed by atoms with van der Waals surface area (Å²) in [5.74, 6) is 1.20. The number of rotatable bonds is 6. The minimum absolute atomic E-state index is 0.0862. The monoisotopic (exact) mass is 420 g/mol. The molecule has 3 aliphatic rings. The number of hydrogen-bond donors (Lipinski definition) is 1. The van der Waals surface area contributed by atoms with E-state index in [0.29, 0.717) is 6.54 Å². The molecule has 2 spiro atoms. The SMILES string of the molecule is COc1ccc(CC2CC23OC2(CCN(CCc4ccccc4)CC2)CNC3=O)cc1. The number of amides is 1. The molecule has 2 aromatic carbocycles. The summed E-state index contributed by atoms with van der Waals surface area (Å²) in [6, 6.07) is 18.8. The number of nitrogens with one attached hydrogen (secondary N) is 1. The predicted octanol–water partition coefficient (Wildman–Crippen LogP) is 3.22. The molecule has 1 aliphatic carbocycles. The summed E-state index contributed by atoms with van der Waals surface area (Å²) in [6.45, 7) is 3.79. The van der Waals surface area contributed by atoms with E-state index in [9.17, 15) is 4.79 Å². The number of piperidine rings is 1. The Hall–Kier alpha value is -2.37. The highest BCUT2D eigenvalue weighted by Gasteiger charge is 2.66. The third kappa shape index (κ3) is 4.21. The number of ether oxygens (including phenoxy) is 2. The molecule has 2 aromatic rings. The van der Waals surface area contributed by atoms with Crippen molar-refractivity contribution in [2.75, 3.05) is 33.3 Å². The van der Waals surface area contributed by atoms with Gasteiger partial charge in [-0.05, 0) is 55.4 Å². The van der Waals surface area contributed by atoms with Crippen LogP contribution in [0.15, 0.2) is 54.6 Å². The largest absolute Gasteiger partial charge is 0.497 e. The molecule has 2 unspecified atom stereocenters. The van der Waals surface area contributed by atoms with Gasteiger partial charge >= 0.3 is 0 Å². The van der Waals surface area contributed by atoms with Gasteiger partial charge in [-0.15, -0.1) is 0 Å². The highest BCUT2D eigenvalue weighted by Crippen LogP contribution is 2.54. The van der Waals surface area contributed by atoms with E-state index in [1.807, 2.05) is 12.1 Å². The second-order valence-electron chi connectivity index (χ2n) is 9.39. The molecule has 2 heterocycles. The van der Waals surface area contributed by atoms with Gasteiger partial charge in [0.1, 0.15) is 5.75 Å². The number of carbonyl (C=O) groups is 1. The Morgan fingerprint density at radius 2 is 1.81 bits per heavy atom. The van der Waals surface area contributed by atoms with E-state index in [1.54, 1.807) is 7.11 Å². The Balaban J connectivity index is 1.17. The van der Waals surface area contributed by atoms with Crippen LogP contribution in [0.3, 0.4) is 0 Å². The lowest BCUT2D eigenvalue weighted by molar-refractivity contribution is -0.181. The molecule has 0 radical (unpaired) electrons. The molecule has 3 fully saturated rings. The van der Waals surface area contributed by atoms with Gasteiger partial charge in [-0.1, -0.05) is 42.5 Å². The first-order valence-corrected chi connectivity index (χ1v) is 11.5. The lowest BCUT2D eigenvalue weighted by Crippen LogP contribution is -2.62. The van der Waals surface area contributed by atoms with E-state index >= 15 is 0 Å². The molecule has 1 saturated carbocycles. The first-order valence-electron chi connectivity index (χ1n) is 11.5. The Bertz CT molecular complexity index is 906. The lowest BCUT2D eigenvalue weighted by atomic mass is 9.88. The van der Waals surface area contributed by atoms with Gasteiger partial charge in [0.05, 0.1) is 12.7 Å². The number of morpholine rings is 1. The van der Waals surface area contributed by atoms with Gasteiger partial charge in [0, 0.05) is 32.1 Å². The maximum atomic E-state index is 12.8. The number of hydrogen-bond acceptors (Lipinski definition) is 4. The van der Waals surface area contributed by atoms with Crippen LogP contribution >= 0.6 is 0 Å². The normalized spacial score (nSPS) is 27.3. The van der Waals surface area contributed by atoms with Crippen molar-refractivity contribution in [1.82, 2.24) is 10.2 Å². The van der Waals surface area contributed by atoms with Crippen molar-refractivity contribution in [3.05, 3.63) is 65.7 Å². The number of nitrogens with zero attached hydrogens (tertiary/aromatic N) is 1. The molecule has 2 atom stereocenters. The number of methoxy groups -OCH3 is 1. The van der Waals surface area contributed by atoms with Crippen molar-refractivity contribution < 1.29 is 14.3 Å². The van der Waals surface area contributed by atoms with Crippen LogP contribution in [0, 0.1) is 5.92 Å². The third-order valence-corrected chi connectivity index (χ3v) is 7.37. The molecule has 2 saturated heterocycles. The second kappa shape index (κ2) is 8.29. The molecular weight excluding hydrogens is 388 g/mol. The average molecular weight is 421 g/mol. The summed E-state index contributed by atoms with van der Waals surface area (Å²) in [5.41, 5.74) is 1.80. The van der Waals surface area contributed by atoms with Gasteiger partial charge in [0.15, 0.2) is 5.60 Å². The first-order chi connectivity index (χ1) is 15.1. The van der Waals surface area contributed by atoms with Crippen molar-refractivity contribution in [2.24, 2.45) is 5.92 Å². The van der Waals surface area contributed by atoms with Crippen LogP contribution in [0.1, 0.15) is 30.4 Å². The smallest absolute Gasteiger partial charge is 0.252 e. The van der Waals surface area contributed by atoms with Crippen molar-refractivity contribution in [1.29, 1.82) is 0 Å². The van der Waals surface area contributed by atoms with E-state index in [1.165, 1.54) is 11.1 Å². The van der Waals surface area contributed by atoms with Crippen molar-refractivity contribution >= 4 is 5.91 Å². The topological polar surface area (TPSA) is 50.8 Å². The molecule has 0 bridgehead atoms. The quantitative estimate of drug-likeness (QED) is 0.780. The van der Waals surface area contributed by atoms with Crippen LogP contribution in [0.4, 0.5) is 0 Å². The molecule has 5 heteroatoms. The fraction of sp³-hybridized carbons (Fsp3) is 0.500. The standard InChI is InChI=1S/C26H32N2O3/c1-30-23-9-7-21(8-10-23)17-22-18-26(22)24(29)27-19-25(31-26)12-15-28(16-13-25)14-11-20-5-3-2-4-6-20/h2-10,22H,11-19H2,1H3,(H,27,29). The van der Waals surface area contributed by atoms with Crippen LogP contribution in [0.2, 0.25) is 0 Å². The third-order valence-electron chi connectivity index (χ3n) is 7.37. The Kier molecular flexibility index (Phi) is 5.49. The van der Waals surface area contributed by atoms with E-state index < -0.39 is 5.60 Å². The Labute approximate surface area is 184 Å². The second-order valence-corrected chi connectivity index (χ2v) is 9.39. The van der Waals surface area contributed by atoms with Crippen LogP contribution in [0.5, 0.6) is 5.75 Å². The number of benzene rings is 2. The van der Waals surface area contributed by atoms with Crippen LogP contribution < -0.4 is 10.1 Å². The van der Waals surface area contributed by atoms with Crippen LogP contribution in [0.25, 0.3) is 0 Å². The summed E-state index contributed by atoms with van der Waals surface area (Å²) in [4.78, 5) is 15.3. The van der Waals surface area contributed by atoms with Gasteiger partial charge in [0.2, 0.25) is 0 Å². The van der Waals surface area contributed by atoms with Gasteiger partial charge < -0.3 is 19.7 Å². The van der Waals surface area contributed by atoms with Gasteiger partial charge in [-0.25, -0.2) is 0 Å². The highest BCUT2D eigenvalue weighted by molar-refractivity contribution is 5.89. The maximum absolute atomic E-state index is 12.8. The predicted molar refractivity (Wildman–Crippen MR) is 120 cm³/mol. The van der Waals surface area contributed by atoms with Crippen molar-refractivity contribution in [3.63, 3.8) is 0 Å². The summed E-state index contributed by atoms with van der Waals surface area (Å²) >= 11 is 0. The Morgan fingerprint density at radius 3 is 2.52 bits per heavy atom. The molecule has 31 heavy (non-hydrogen) atoms. The fourth-order valence-electron chi connectivity index (χ4n) is 5.25. The number of carbonyl (C=O) groups excluding carboxylic acids is 1. The number of likely N-dealkylation sites (tertiary alicyclic amines) is 1. The molecule has 1 amide bonds. The summed E-state index contributed by atoms with van der Waals surface area (Å²) in [6.07, 6.45) is 4.75. The summed E-state index contributed by atoms with van der Waals surface area (Å²) in [5, 5.41) is 3.20. The zero-order valence-corrected chi connectivity index (χ0v) is 18.3. The molecule has 1 N–H and O–H groups in total. The zero-order chi connectivity index (χ0) is 21.3. The van der Waals surface area contributed by atoms with E-state index in [-0.39, 0.29) is 17.4 Å². The molecule has 5 rings (SSSR count). The summed E-state index contributed by atoms with van der Waals surface area (Å²) in [7, 11) is 1.68. The van der Waals surface area contributed by atoms with E-state index in [2.05, 4.69) is 52.7 Å². The lowest BCUT2D eigenvalue weighted by Gasteiger charge is -2.47. The fourth-order valence-corrected chi connectivity index (χ4v) is 5.25. The molecule has 5 nitrogen and oxygen atoms in total. The zero-order valence-electron chi connectivity index (χ0n) is 18.3. The van der Waals surface area contributed by atoms with Crippen molar-refractivity contribution in [2.45, 2.75) is 43.3 Å². The molecular formula is C26H32N2O3. The van der Waals surface area contributed by atoms with Gasteiger partial charge in [-0.3, -0.25) is 4.79 Å². The minimum Gasteiger partial charge on any atom is -0.497 e. The molecule has 2 aliphatic heterocycles. The average Bonchev–Trinajstić information content (AvgIpc) is 3.49. The minimum atomic E-state index is -0.621. The van der Waals surface area contributed by atoms with E-state index in [4.69, 9.17) is 9.47 Å². The highest BCUT2D eigenvalue weighted by atomic mass is 16.5. The van der Waals surface area contributed by atoms with Crippen LogP contribution in [-0.4, -0.2) is 55.3 Å². The van der Waals surface area contributed by atoms with Gasteiger partial charge in [-0.2, -0.15) is 0 Å². The maximum Gasteiger partial charge on any atom is 0.252 e. The van der Waals surface area contributed by atoms with Crippen LogP contribution in [-0.2, 0) is 22.4 Å². The van der Waals surface area contributed by atoms with Crippen molar-refractivity contribution in [3.8, 4) is 5.75 Å². The van der Waals surface area contributed by atoms with Gasteiger partial charge in [0.25, 0.3) is 5.91 Å². The molecule has 0 aromatic heterocycles. The Morgan fingerprint density at radius 1 is 1.06 bits per heavy atom. The molecule has 164 valence electrons. The summed E-state index contributed by atoms with van der Waals surface area (Å²) < 4.78 is 12.0. The first kappa shape index (κ1) is 20.5. The van der Waals surface area contributed by atoms with E-state index in [0.717, 1.165) is 57.5 Å².